The summed E-state index contributed by atoms with van der Waals surface area (Å²) in [6.07, 6.45) is 0. The van der Waals surface area contributed by atoms with Gasteiger partial charge in [-0.3, -0.25) is 4.90 Å². The Labute approximate surface area is 119 Å². The monoisotopic (exact) mass is 284 g/mol. The molecule has 1 N–H and O–H groups in total. The first-order valence-electron chi connectivity index (χ1n) is 6.70. The zero-order valence-electron chi connectivity index (χ0n) is 11.8. The lowest BCUT2D eigenvalue weighted by Gasteiger charge is -2.37. The van der Waals surface area contributed by atoms with Crippen LogP contribution in [0.15, 0.2) is 6.07 Å². The molecule has 0 bridgehead atoms. The van der Waals surface area contributed by atoms with Gasteiger partial charge >= 0.3 is 0 Å². The minimum atomic E-state index is 0.691. The van der Waals surface area contributed by atoms with E-state index in [1.54, 1.807) is 0 Å². The first-order chi connectivity index (χ1) is 8.61. The van der Waals surface area contributed by atoms with Gasteiger partial charge in [-0.2, -0.15) is 11.8 Å². The van der Waals surface area contributed by atoms with Crippen LogP contribution in [0.5, 0.6) is 0 Å². The lowest BCUT2D eigenvalue weighted by atomic mass is 10.1. The molecular formula is C14H24N2S2. The van der Waals surface area contributed by atoms with Crippen LogP contribution in [0.2, 0.25) is 0 Å². The number of thioether (sulfide) groups is 1. The molecule has 4 heteroatoms. The Morgan fingerprint density at radius 2 is 2.22 bits per heavy atom. The Morgan fingerprint density at radius 1 is 1.44 bits per heavy atom. The molecule has 2 atom stereocenters. The second-order valence-corrected chi connectivity index (χ2v) is 7.94. The second kappa shape index (κ2) is 6.42. The summed E-state index contributed by atoms with van der Waals surface area (Å²) in [6, 6.07) is 3.08. The van der Waals surface area contributed by atoms with E-state index >= 15 is 0 Å². The molecule has 0 amide bonds. The second-order valence-electron chi connectivity index (χ2n) is 5.11. The van der Waals surface area contributed by atoms with Gasteiger partial charge in [0.05, 0.1) is 0 Å². The summed E-state index contributed by atoms with van der Waals surface area (Å²) in [6.45, 7) is 10.3. The topological polar surface area (TPSA) is 15.3 Å². The van der Waals surface area contributed by atoms with Crippen molar-refractivity contribution >= 4 is 23.1 Å². The standard InChI is InChI=1S/C14H24N2S2/c1-10-11(2)17-6-5-16(10)9-13-7-14(8-15-4)18-12(13)3/h7,10-11,15H,5-6,8-9H2,1-4H3. The maximum atomic E-state index is 3.24. The Morgan fingerprint density at radius 3 is 2.94 bits per heavy atom. The third-order valence-corrected chi connectivity index (χ3v) is 6.24. The normalized spacial score (nSPS) is 25.6. The molecule has 0 aromatic carbocycles. The van der Waals surface area contributed by atoms with Crippen molar-refractivity contribution < 1.29 is 0 Å². The molecule has 2 heterocycles. The van der Waals surface area contributed by atoms with Crippen LogP contribution >= 0.6 is 23.1 Å². The van der Waals surface area contributed by atoms with E-state index in [9.17, 15) is 0 Å². The van der Waals surface area contributed by atoms with Gasteiger partial charge in [-0.05, 0) is 32.5 Å². The van der Waals surface area contributed by atoms with Crippen LogP contribution in [0.4, 0.5) is 0 Å². The molecule has 1 fully saturated rings. The van der Waals surface area contributed by atoms with Crippen LogP contribution in [0.3, 0.4) is 0 Å². The number of nitrogens with one attached hydrogen (secondary N) is 1. The SMILES string of the molecule is CNCc1cc(CN2CCSC(C)C2C)c(C)s1. The number of hydrogen-bond donors (Lipinski definition) is 1. The molecule has 1 saturated heterocycles. The van der Waals surface area contributed by atoms with Crippen LogP contribution in [-0.4, -0.2) is 35.5 Å². The summed E-state index contributed by atoms with van der Waals surface area (Å²) in [4.78, 5) is 5.58. The molecule has 0 aliphatic carbocycles. The molecule has 0 spiro atoms. The van der Waals surface area contributed by atoms with Gasteiger partial charge in [0.15, 0.2) is 0 Å². The lowest BCUT2D eigenvalue weighted by molar-refractivity contribution is 0.204. The first kappa shape index (κ1) is 14.4. The van der Waals surface area contributed by atoms with E-state index < -0.39 is 0 Å². The smallest absolute Gasteiger partial charge is 0.0296 e. The molecule has 2 unspecified atom stereocenters. The molecule has 1 aromatic rings. The predicted octanol–water partition coefficient (Wildman–Crippen LogP) is 3.10. The highest BCUT2D eigenvalue weighted by Crippen LogP contribution is 2.28. The number of rotatable bonds is 4. The highest BCUT2D eigenvalue weighted by Gasteiger charge is 2.25. The van der Waals surface area contributed by atoms with E-state index in [1.165, 1.54) is 27.6 Å². The van der Waals surface area contributed by atoms with Crippen molar-refractivity contribution in [3.63, 3.8) is 0 Å². The number of hydrogen-bond acceptors (Lipinski definition) is 4. The molecule has 1 aromatic heterocycles. The third kappa shape index (κ3) is 3.29. The van der Waals surface area contributed by atoms with Crippen molar-refractivity contribution in [3.8, 4) is 0 Å². The van der Waals surface area contributed by atoms with E-state index in [2.05, 4.69) is 48.8 Å². The molecule has 0 saturated carbocycles. The Bertz CT molecular complexity index is 389. The van der Waals surface area contributed by atoms with Gasteiger partial charge in [0, 0.05) is 46.4 Å². The fourth-order valence-electron chi connectivity index (χ4n) is 2.44. The lowest BCUT2D eigenvalue weighted by Crippen LogP contribution is -2.43. The fourth-order valence-corrected chi connectivity index (χ4v) is 4.67. The van der Waals surface area contributed by atoms with Crippen molar-refractivity contribution in [3.05, 3.63) is 21.4 Å². The molecule has 1 aliphatic heterocycles. The van der Waals surface area contributed by atoms with Crippen LogP contribution in [0, 0.1) is 6.92 Å². The van der Waals surface area contributed by atoms with Gasteiger partial charge in [0.25, 0.3) is 0 Å². The molecular weight excluding hydrogens is 260 g/mol. The first-order valence-corrected chi connectivity index (χ1v) is 8.56. The van der Waals surface area contributed by atoms with Crippen LogP contribution < -0.4 is 5.32 Å². The van der Waals surface area contributed by atoms with E-state index in [1.807, 2.05) is 18.4 Å². The average Bonchev–Trinajstić information content (AvgIpc) is 2.66. The summed E-state index contributed by atoms with van der Waals surface area (Å²) in [5.41, 5.74) is 1.52. The largest absolute Gasteiger partial charge is 0.315 e. The Balaban J connectivity index is 2.04. The Hall–Kier alpha value is -0.0300. The van der Waals surface area contributed by atoms with Gasteiger partial charge in [0.1, 0.15) is 0 Å². The number of nitrogens with zero attached hydrogens (tertiary/aromatic N) is 1. The predicted molar refractivity (Wildman–Crippen MR) is 83.6 cm³/mol. The van der Waals surface area contributed by atoms with Crippen molar-refractivity contribution in [1.29, 1.82) is 0 Å². The highest BCUT2D eigenvalue weighted by molar-refractivity contribution is 8.00. The summed E-state index contributed by atoms with van der Waals surface area (Å²) in [5.74, 6) is 1.28. The quantitative estimate of drug-likeness (QED) is 0.914. The highest BCUT2D eigenvalue weighted by atomic mass is 32.2. The molecule has 2 rings (SSSR count). The van der Waals surface area contributed by atoms with Gasteiger partial charge < -0.3 is 5.32 Å². The van der Waals surface area contributed by atoms with Crippen LogP contribution in [0.1, 0.15) is 29.2 Å². The molecule has 18 heavy (non-hydrogen) atoms. The van der Waals surface area contributed by atoms with Gasteiger partial charge in [-0.25, -0.2) is 0 Å². The zero-order chi connectivity index (χ0) is 13.1. The van der Waals surface area contributed by atoms with Crippen LogP contribution in [0.25, 0.3) is 0 Å². The summed E-state index contributed by atoms with van der Waals surface area (Å²) in [5, 5.41) is 4.00. The van der Waals surface area contributed by atoms with E-state index in [0.29, 0.717) is 6.04 Å². The third-order valence-electron chi connectivity index (χ3n) is 3.81. The maximum absolute atomic E-state index is 3.24. The fraction of sp³-hybridized carbons (Fsp3) is 0.714. The van der Waals surface area contributed by atoms with Crippen molar-refractivity contribution in [2.45, 2.75) is 45.2 Å². The van der Waals surface area contributed by atoms with E-state index in [4.69, 9.17) is 0 Å². The summed E-state index contributed by atoms with van der Waals surface area (Å²) in [7, 11) is 2.01. The molecule has 1 aliphatic rings. The van der Waals surface area contributed by atoms with E-state index in [0.717, 1.165) is 18.3 Å². The number of aryl methyl sites for hydroxylation is 1. The van der Waals surface area contributed by atoms with Crippen molar-refractivity contribution in [2.75, 3.05) is 19.3 Å². The van der Waals surface area contributed by atoms with Gasteiger partial charge in [0.2, 0.25) is 0 Å². The summed E-state index contributed by atoms with van der Waals surface area (Å²) < 4.78 is 0. The zero-order valence-corrected chi connectivity index (χ0v) is 13.5. The van der Waals surface area contributed by atoms with Gasteiger partial charge in [-0.15, -0.1) is 11.3 Å². The Kier molecular flexibility index (Phi) is 5.13. The van der Waals surface area contributed by atoms with E-state index in [-0.39, 0.29) is 0 Å². The molecule has 0 radical (unpaired) electrons. The molecule has 102 valence electrons. The number of thiophene rings is 1. The molecule has 2 nitrogen and oxygen atoms in total. The minimum absolute atomic E-state index is 0.691. The summed E-state index contributed by atoms with van der Waals surface area (Å²) >= 11 is 4.04. The minimum Gasteiger partial charge on any atom is -0.315 e. The average molecular weight is 284 g/mol. The van der Waals surface area contributed by atoms with Crippen molar-refractivity contribution in [1.82, 2.24) is 10.2 Å². The maximum Gasteiger partial charge on any atom is 0.0296 e. The van der Waals surface area contributed by atoms with Crippen molar-refractivity contribution in [2.24, 2.45) is 0 Å². The van der Waals surface area contributed by atoms with Crippen LogP contribution in [-0.2, 0) is 13.1 Å². The van der Waals surface area contributed by atoms with Gasteiger partial charge in [-0.1, -0.05) is 6.92 Å².